The maximum absolute atomic E-state index is 9.28. The van der Waals surface area contributed by atoms with Gasteiger partial charge in [0.25, 0.3) is 0 Å². The summed E-state index contributed by atoms with van der Waals surface area (Å²) in [4.78, 5) is 7.21. The average molecular weight is 391 g/mol. The first-order chi connectivity index (χ1) is 13.7. The van der Waals surface area contributed by atoms with Gasteiger partial charge in [-0.15, -0.1) is 0 Å². The van der Waals surface area contributed by atoms with Gasteiger partial charge in [-0.1, -0.05) is 25.5 Å². The first-order valence-corrected chi connectivity index (χ1v) is 10.7. The van der Waals surface area contributed by atoms with Crippen LogP contribution >= 0.6 is 0 Å². The molecule has 28 heavy (non-hydrogen) atoms. The number of aliphatic imine (C=N–C) groups is 1. The molecule has 6 heteroatoms. The lowest BCUT2D eigenvalue weighted by atomic mass is 10.0. The monoisotopic (exact) mass is 390 g/mol. The van der Waals surface area contributed by atoms with Crippen molar-refractivity contribution >= 4 is 11.6 Å². The molecular weight excluding hydrogens is 352 g/mol. The predicted molar refractivity (Wildman–Crippen MR) is 117 cm³/mol. The Hall–Kier alpha value is -1.95. The fourth-order valence-corrected chi connectivity index (χ4v) is 3.86. The second kappa shape index (κ2) is 12.5. The molecule has 3 N–H and O–H groups in total. The molecular formula is C22H38N4O2. The Morgan fingerprint density at radius 2 is 2.14 bits per heavy atom. The average Bonchev–Trinajstić information content (AvgIpc) is 2.72. The van der Waals surface area contributed by atoms with Crippen LogP contribution in [0.1, 0.15) is 46.0 Å². The topological polar surface area (TPSA) is 69.1 Å². The highest BCUT2D eigenvalue weighted by molar-refractivity contribution is 5.80. The maximum Gasteiger partial charge on any atom is 0.191 e. The summed E-state index contributed by atoms with van der Waals surface area (Å²) >= 11 is 0. The summed E-state index contributed by atoms with van der Waals surface area (Å²) in [6.07, 6.45) is 5.32. The summed E-state index contributed by atoms with van der Waals surface area (Å²) in [5, 5.41) is 16.3. The molecule has 0 radical (unpaired) electrons. The summed E-state index contributed by atoms with van der Waals surface area (Å²) in [6, 6.07) is 8.57. The molecule has 0 aliphatic carbocycles. The van der Waals surface area contributed by atoms with E-state index in [2.05, 4.69) is 41.5 Å². The predicted octanol–water partition coefficient (Wildman–Crippen LogP) is 3.02. The van der Waals surface area contributed by atoms with Gasteiger partial charge in [-0.05, 0) is 50.7 Å². The van der Waals surface area contributed by atoms with E-state index in [4.69, 9.17) is 9.73 Å². The zero-order chi connectivity index (χ0) is 20.2. The maximum atomic E-state index is 9.28. The summed E-state index contributed by atoms with van der Waals surface area (Å²) in [7, 11) is 1.73. The van der Waals surface area contributed by atoms with Crippen LogP contribution < -0.4 is 20.3 Å². The second-order valence-corrected chi connectivity index (χ2v) is 7.49. The quantitative estimate of drug-likeness (QED) is 0.423. The van der Waals surface area contributed by atoms with Crippen molar-refractivity contribution in [3.05, 3.63) is 24.3 Å². The summed E-state index contributed by atoms with van der Waals surface area (Å²) in [5.74, 6) is 2.26. The molecule has 1 aromatic rings. The van der Waals surface area contributed by atoms with Crippen LogP contribution in [-0.4, -0.2) is 57.0 Å². The van der Waals surface area contributed by atoms with Crippen molar-refractivity contribution in [3.8, 4) is 5.75 Å². The van der Waals surface area contributed by atoms with Crippen molar-refractivity contribution in [1.82, 2.24) is 10.6 Å². The van der Waals surface area contributed by atoms with Crippen molar-refractivity contribution in [2.75, 3.05) is 44.8 Å². The van der Waals surface area contributed by atoms with Gasteiger partial charge in [0.2, 0.25) is 0 Å². The number of aliphatic hydroxyl groups excluding tert-OH is 1. The normalized spacial score (nSPS) is 18.6. The number of anilines is 1. The molecule has 0 bridgehead atoms. The highest BCUT2D eigenvalue weighted by Gasteiger charge is 2.23. The zero-order valence-corrected chi connectivity index (χ0v) is 17.8. The number of hydrogen-bond donors (Lipinski definition) is 3. The van der Waals surface area contributed by atoms with Gasteiger partial charge in [0.1, 0.15) is 5.75 Å². The Balaban J connectivity index is 2.00. The number of nitrogens with zero attached hydrogens (tertiary/aromatic N) is 2. The van der Waals surface area contributed by atoms with Crippen LogP contribution in [0.4, 0.5) is 5.69 Å². The Morgan fingerprint density at radius 3 is 2.86 bits per heavy atom. The number of guanidine groups is 1. The molecule has 1 saturated heterocycles. The fourth-order valence-electron chi connectivity index (χ4n) is 3.86. The molecule has 0 spiro atoms. The number of rotatable bonds is 10. The lowest BCUT2D eigenvalue weighted by Crippen LogP contribution is -2.51. The van der Waals surface area contributed by atoms with Gasteiger partial charge >= 0.3 is 0 Å². The van der Waals surface area contributed by atoms with Gasteiger partial charge < -0.3 is 25.4 Å². The molecule has 158 valence electrons. The number of hydrogen-bond acceptors (Lipinski definition) is 4. The summed E-state index contributed by atoms with van der Waals surface area (Å²) in [6.45, 7) is 8.09. The van der Waals surface area contributed by atoms with Crippen LogP contribution in [0.2, 0.25) is 0 Å². The molecule has 6 nitrogen and oxygen atoms in total. The highest BCUT2D eigenvalue weighted by atomic mass is 16.5. The number of methoxy groups -OCH3 is 1. The van der Waals surface area contributed by atoms with Gasteiger partial charge in [0, 0.05) is 38.8 Å². The smallest absolute Gasteiger partial charge is 0.191 e. The molecule has 1 heterocycles. The third-order valence-corrected chi connectivity index (χ3v) is 5.27. The largest absolute Gasteiger partial charge is 0.495 e. The fraction of sp³-hybridized carbons (Fsp3) is 0.682. The summed E-state index contributed by atoms with van der Waals surface area (Å²) in [5.41, 5.74) is 1.16. The molecule has 2 rings (SSSR count). The van der Waals surface area contributed by atoms with E-state index >= 15 is 0 Å². The van der Waals surface area contributed by atoms with E-state index < -0.39 is 0 Å². The zero-order valence-electron chi connectivity index (χ0n) is 17.8. The minimum atomic E-state index is 0.237. The molecule has 0 aromatic heterocycles. The summed E-state index contributed by atoms with van der Waals surface area (Å²) < 4.78 is 5.55. The molecule has 2 unspecified atom stereocenters. The third kappa shape index (κ3) is 6.89. The minimum absolute atomic E-state index is 0.237. The SMILES string of the molecule is CCCC(CCO)CN=C(NCC)NC1CCCN(c2ccccc2OC)C1. The van der Waals surface area contributed by atoms with E-state index in [0.29, 0.717) is 12.0 Å². The van der Waals surface area contributed by atoms with E-state index in [1.165, 1.54) is 0 Å². The van der Waals surface area contributed by atoms with Crippen LogP contribution in [-0.2, 0) is 0 Å². The number of para-hydroxylation sites is 2. The third-order valence-electron chi connectivity index (χ3n) is 5.27. The van der Waals surface area contributed by atoms with Crippen LogP contribution in [0.5, 0.6) is 5.75 Å². The van der Waals surface area contributed by atoms with Gasteiger partial charge in [0.15, 0.2) is 5.96 Å². The number of nitrogens with one attached hydrogen (secondary N) is 2. The lowest BCUT2D eigenvalue weighted by molar-refractivity contribution is 0.253. The van der Waals surface area contributed by atoms with E-state index in [1.807, 2.05) is 12.1 Å². The Labute approximate surface area is 170 Å². The van der Waals surface area contributed by atoms with Gasteiger partial charge in [-0.25, -0.2) is 0 Å². The highest BCUT2D eigenvalue weighted by Crippen LogP contribution is 2.29. The molecule has 0 amide bonds. The van der Waals surface area contributed by atoms with Crippen molar-refractivity contribution in [3.63, 3.8) is 0 Å². The van der Waals surface area contributed by atoms with Crippen LogP contribution in [0.3, 0.4) is 0 Å². The molecule has 1 fully saturated rings. The van der Waals surface area contributed by atoms with Gasteiger partial charge in [-0.2, -0.15) is 0 Å². The number of piperidine rings is 1. The van der Waals surface area contributed by atoms with Crippen LogP contribution in [0.25, 0.3) is 0 Å². The standard InChI is InChI=1S/C22H38N4O2/c1-4-9-18(13-15-27)16-24-22(23-5-2)25-19-10-8-14-26(17-19)20-11-6-7-12-21(20)28-3/h6-7,11-12,18-19,27H,4-5,8-10,13-17H2,1-3H3,(H2,23,24,25). The molecule has 2 atom stereocenters. The van der Waals surface area contributed by atoms with Gasteiger partial charge in [0.05, 0.1) is 12.8 Å². The van der Waals surface area contributed by atoms with Crippen molar-refractivity contribution in [2.24, 2.45) is 10.9 Å². The molecule has 1 aliphatic rings. The molecule has 0 saturated carbocycles. The molecule has 1 aliphatic heterocycles. The van der Waals surface area contributed by atoms with E-state index in [9.17, 15) is 5.11 Å². The minimum Gasteiger partial charge on any atom is -0.495 e. The first kappa shape index (κ1) is 22.3. The molecule has 1 aromatic carbocycles. The number of ether oxygens (including phenoxy) is 1. The van der Waals surface area contributed by atoms with Crippen LogP contribution in [0, 0.1) is 5.92 Å². The Kier molecular flexibility index (Phi) is 9.97. The number of aliphatic hydroxyl groups is 1. The first-order valence-electron chi connectivity index (χ1n) is 10.7. The van der Waals surface area contributed by atoms with Crippen molar-refractivity contribution in [2.45, 2.75) is 52.0 Å². The van der Waals surface area contributed by atoms with Crippen molar-refractivity contribution in [1.29, 1.82) is 0 Å². The Morgan fingerprint density at radius 1 is 1.32 bits per heavy atom. The lowest BCUT2D eigenvalue weighted by Gasteiger charge is -2.36. The van der Waals surface area contributed by atoms with Crippen LogP contribution in [0.15, 0.2) is 29.3 Å². The second-order valence-electron chi connectivity index (χ2n) is 7.49. The van der Waals surface area contributed by atoms with E-state index in [0.717, 1.165) is 75.7 Å². The van der Waals surface area contributed by atoms with E-state index in [-0.39, 0.29) is 6.61 Å². The van der Waals surface area contributed by atoms with Gasteiger partial charge in [-0.3, -0.25) is 4.99 Å². The Bertz CT molecular complexity index is 588. The van der Waals surface area contributed by atoms with E-state index in [1.54, 1.807) is 7.11 Å². The van der Waals surface area contributed by atoms with Crippen molar-refractivity contribution < 1.29 is 9.84 Å². The number of benzene rings is 1.